The lowest BCUT2D eigenvalue weighted by Gasteiger charge is -2.07. The fourth-order valence-electron chi connectivity index (χ4n) is 1.36. The lowest BCUT2D eigenvalue weighted by atomic mass is 10.2. The standard InChI is InChI=1S/C11H15N3O.ClH/c12-7-8-2-1-3-10(6-8)14-11(15)13-9-4-5-9;/h1-3,6,9H,4-5,7,12H2,(H2,13,14,15);1H. The third-order valence-corrected chi connectivity index (χ3v) is 2.33. The maximum atomic E-state index is 11.4. The number of anilines is 1. The Morgan fingerprint density at radius 2 is 2.19 bits per heavy atom. The quantitative estimate of drug-likeness (QED) is 0.756. The summed E-state index contributed by atoms with van der Waals surface area (Å²) < 4.78 is 0. The molecule has 0 aromatic heterocycles. The molecule has 0 heterocycles. The molecule has 5 heteroatoms. The van der Waals surface area contributed by atoms with Crippen molar-refractivity contribution in [2.75, 3.05) is 5.32 Å². The molecule has 2 amide bonds. The Kier molecular flexibility index (Phi) is 4.58. The number of rotatable bonds is 3. The monoisotopic (exact) mass is 241 g/mol. The number of nitrogens with two attached hydrogens (primary N) is 1. The van der Waals surface area contributed by atoms with Gasteiger partial charge in [0.15, 0.2) is 0 Å². The van der Waals surface area contributed by atoms with Gasteiger partial charge in [-0.05, 0) is 30.5 Å². The lowest BCUT2D eigenvalue weighted by Crippen LogP contribution is -2.30. The van der Waals surface area contributed by atoms with E-state index in [1.807, 2.05) is 24.3 Å². The van der Waals surface area contributed by atoms with Crippen LogP contribution in [0.2, 0.25) is 0 Å². The highest BCUT2D eigenvalue weighted by Gasteiger charge is 2.23. The van der Waals surface area contributed by atoms with Crippen molar-refractivity contribution >= 4 is 24.1 Å². The molecule has 0 atom stereocenters. The van der Waals surface area contributed by atoms with Gasteiger partial charge in [0.1, 0.15) is 0 Å². The number of carbonyl (C=O) groups excluding carboxylic acids is 1. The van der Waals surface area contributed by atoms with Gasteiger partial charge in [-0.1, -0.05) is 12.1 Å². The Morgan fingerprint density at radius 1 is 1.44 bits per heavy atom. The number of nitrogens with one attached hydrogen (secondary N) is 2. The van der Waals surface area contributed by atoms with E-state index < -0.39 is 0 Å². The van der Waals surface area contributed by atoms with Gasteiger partial charge in [-0.25, -0.2) is 4.79 Å². The first-order chi connectivity index (χ1) is 7.28. The molecule has 0 aliphatic heterocycles. The zero-order chi connectivity index (χ0) is 10.7. The largest absolute Gasteiger partial charge is 0.335 e. The summed E-state index contributed by atoms with van der Waals surface area (Å²) in [5.74, 6) is 0. The predicted octanol–water partition coefficient (Wildman–Crippen LogP) is 1.85. The summed E-state index contributed by atoms with van der Waals surface area (Å²) in [7, 11) is 0. The first-order valence-electron chi connectivity index (χ1n) is 5.14. The van der Waals surface area contributed by atoms with Crippen molar-refractivity contribution in [1.29, 1.82) is 0 Å². The molecule has 4 nitrogen and oxygen atoms in total. The van der Waals surface area contributed by atoms with Crippen molar-refractivity contribution in [3.8, 4) is 0 Å². The molecule has 0 bridgehead atoms. The van der Waals surface area contributed by atoms with Crippen LogP contribution >= 0.6 is 12.4 Å². The van der Waals surface area contributed by atoms with Crippen LogP contribution in [0, 0.1) is 0 Å². The average molecular weight is 242 g/mol. The highest BCUT2D eigenvalue weighted by atomic mass is 35.5. The molecule has 1 aliphatic rings. The summed E-state index contributed by atoms with van der Waals surface area (Å²) in [5, 5.41) is 5.64. The van der Waals surface area contributed by atoms with Crippen molar-refractivity contribution in [3.63, 3.8) is 0 Å². The third kappa shape index (κ3) is 3.72. The van der Waals surface area contributed by atoms with E-state index in [-0.39, 0.29) is 18.4 Å². The third-order valence-electron chi connectivity index (χ3n) is 2.33. The highest BCUT2D eigenvalue weighted by molar-refractivity contribution is 5.89. The Balaban J connectivity index is 0.00000128. The Hall–Kier alpha value is -1.26. The normalized spacial score (nSPS) is 13.8. The van der Waals surface area contributed by atoms with Gasteiger partial charge in [0.2, 0.25) is 0 Å². The fourth-order valence-corrected chi connectivity index (χ4v) is 1.36. The number of benzene rings is 1. The molecule has 88 valence electrons. The number of hydrogen-bond acceptors (Lipinski definition) is 2. The molecule has 0 radical (unpaired) electrons. The van der Waals surface area contributed by atoms with E-state index in [0.29, 0.717) is 12.6 Å². The smallest absolute Gasteiger partial charge is 0.319 e. The maximum absolute atomic E-state index is 11.4. The Labute approximate surface area is 101 Å². The van der Waals surface area contributed by atoms with Gasteiger partial charge in [0.05, 0.1) is 0 Å². The van der Waals surface area contributed by atoms with Gasteiger partial charge in [0, 0.05) is 18.3 Å². The zero-order valence-corrected chi connectivity index (χ0v) is 9.72. The molecule has 2 rings (SSSR count). The number of amides is 2. The molecule has 4 N–H and O–H groups in total. The van der Waals surface area contributed by atoms with Crippen LogP contribution in [0.5, 0.6) is 0 Å². The summed E-state index contributed by atoms with van der Waals surface area (Å²) in [6, 6.07) is 7.80. The van der Waals surface area contributed by atoms with E-state index in [1.165, 1.54) is 0 Å². The first kappa shape index (κ1) is 12.8. The van der Waals surface area contributed by atoms with Crippen LogP contribution in [0.4, 0.5) is 10.5 Å². The van der Waals surface area contributed by atoms with E-state index in [2.05, 4.69) is 10.6 Å². The van der Waals surface area contributed by atoms with E-state index in [0.717, 1.165) is 24.1 Å². The second-order valence-electron chi connectivity index (χ2n) is 3.78. The minimum absolute atomic E-state index is 0. The van der Waals surface area contributed by atoms with Gasteiger partial charge in [-0.15, -0.1) is 12.4 Å². The summed E-state index contributed by atoms with van der Waals surface area (Å²) >= 11 is 0. The maximum Gasteiger partial charge on any atom is 0.319 e. The molecular weight excluding hydrogens is 226 g/mol. The molecule has 1 aliphatic carbocycles. The number of halogens is 1. The topological polar surface area (TPSA) is 67.1 Å². The van der Waals surface area contributed by atoms with E-state index in [9.17, 15) is 4.79 Å². The van der Waals surface area contributed by atoms with Gasteiger partial charge < -0.3 is 16.4 Å². The first-order valence-corrected chi connectivity index (χ1v) is 5.14. The van der Waals surface area contributed by atoms with Gasteiger partial charge in [-0.3, -0.25) is 0 Å². The number of carbonyl (C=O) groups is 1. The van der Waals surface area contributed by atoms with Crippen LogP contribution in [0.25, 0.3) is 0 Å². The van der Waals surface area contributed by atoms with Crippen LogP contribution < -0.4 is 16.4 Å². The van der Waals surface area contributed by atoms with Gasteiger partial charge in [-0.2, -0.15) is 0 Å². The summed E-state index contributed by atoms with van der Waals surface area (Å²) in [4.78, 5) is 11.4. The van der Waals surface area contributed by atoms with Crippen molar-refractivity contribution in [1.82, 2.24) is 5.32 Å². The second kappa shape index (κ2) is 5.72. The van der Waals surface area contributed by atoms with Crippen molar-refractivity contribution in [2.45, 2.75) is 25.4 Å². The molecule has 0 saturated heterocycles. The summed E-state index contributed by atoms with van der Waals surface area (Å²) in [6.45, 7) is 0.486. The predicted molar refractivity (Wildman–Crippen MR) is 66.8 cm³/mol. The molecule has 16 heavy (non-hydrogen) atoms. The zero-order valence-electron chi connectivity index (χ0n) is 8.90. The highest BCUT2D eigenvalue weighted by Crippen LogP contribution is 2.19. The SMILES string of the molecule is Cl.NCc1cccc(NC(=O)NC2CC2)c1. The summed E-state index contributed by atoms with van der Waals surface area (Å²) in [5.41, 5.74) is 7.31. The van der Waals surface area contributed by atoms with Crippen LogP contribution in [0.15, 0.2) is 24.3 Å². The van der Waals surface area contributed by atoms with E-state index in [1.54, 1.807) is 0 Å². The average Bonchev–Trinajstić information content (AvgIpc) is 3.02. The number of hydrogen-bond donors (Lipinski definition) is 3. The summed E-state index contributed by atoms with van der Waals surface area (Å²) in [6.07, 6.45) is 2.19. The lowest BCUT2D eigenvalue weighted by molar-refractivity contribution is 0.251. The van der Waals surface area contributed by atoms with Crippen LogP contribution in [-0.4, -0.2) is 12.1 Å². The van der Waals surface area contributed by atoms with Crippen LogP contribution in [-0.2, 0) is 6.54 Å². The van der Waals surface area contributed by atoms with Crippen molar-refractivity contribution in [2.24, 2.45) is 5.73 Å². The van der Waals surface area contributed by atoms with Crippen molar-refractivity contribution in [3.05, 3.63) is 29.8 Å². The van der Waals surface area contributed by atoms with Gasteiger partial charge in [0.25, 0.3) is 0 Å². The van der Waals surface area contributed by atoms with Crippen molar-refractivity contribution < 1.29 is 4.79 Å². The molecule has 1 aromatic rings. The van der Waals surface area contributed by atoms with E-state index >= 15 is 0 Å². The van der Waals surface area contributed by atoms with Gasteiger partial charge >= 0.3 is 6.03 Å². The van der Waals surface area contributed by atoms with E-state index in [4.69, 9.17) is 5.73 Å². The second-order valence-corrected chi connectivity index (χ2v) is 3.78. The Bertz CT molecular complexity index is 366. The molecule has 1 aromatic carbocycles. The minimum atomic E-state index is -0.133. The number of urea groups is 1. The molecule has 1 fully saturated rings. The molecule has 1 saturated carbocycles. The minimum Gasteiger partial charge on any atom is -0.335 e. The van der Waals surface area contributed by atoms with Crippen LogP contribution in [0.1, 0.15) is 18.4 Å². The fraction of sp³-hybridized carbons (Fsp3) is 0.364. The molecule has 0 unspecified atom stereocenters. The molecular formula is C11H16ClN3O. The Morgan fingerprint density at radius 3 is 2.81 bits per heavy atom. The van der Waals surface area contributed by atoms with Crippen LogP contribution in [0.3, 0.4) is 0 Å². The molecule has 0 spiro atoms.